The molecule has 1 aliphatic heterocycles. The largest absolute Gasteiger partial charge is 0.454 e. The number of nitrogens with one attached hydrogen (secondary N) is 1. The summed E-state index contributed by atoms with van der Waals surface area (Å²) in [6, 6.07) is 7.14. The molecule has 3 N–H and O–H groups in total. The lowest BCUT2D eigenvalue weighted by molar-refractivity contribution is -0.122. The second-order valence-electron chi connectivity index (χ2n) is 7.63. The van der Waals surface area contributed by atoms with E-state index < -0.39 is 11.4 Å². The van der Waals surface area contributed by atoms with Gasteiger partial charge in [0.2, 0.25) is 18.6 Å². The maximum Gasteiger partial charge on any atom is 0.250 e. The van der Waals surface area contributed by atoms with Crippen LogP contribution >= 0.6 is 0 Å². The van der Waals surface area contributed by atoms with Crippen molar-refractivity contribution in [2.24, 2.45) is 5.73 Å². The molecule has 2 heterocycles. The Hall–Kier alpha value is -3.53. The molecule has 4 rings (SSSR count). The van der Waals surface area contributed by atoms with E-state index in [1.807, 2.05) is 18.2 Å². The van der Waals surface area contributed by atoms with Gasteiger partial charge in [0.05, 0.1) is 12.0 Å². The molecule has 2 aromatic rings. The number of hydrogen-bond acceptors (Lipinski definition) is 5. The molecule has 2 aliphatic rings. The lowest BCUT2D eigenvalue weighted by Crippen LogP contribution is -2.49. The Morgan fingerprint density at radius 3 is 2.70 bits per heavy atom. The highest BCUT2D eigenvalue weighted by Gasteiger charge is 2.32. The van der Waals surface area contributed by atoms with Crippen molar-refractivity contribution in [3.8, 4) is 23.3 Å². The van der Waals surface area contributed by atoms with Crippen LogP contribution in [0.15, 0.2) is 36.7 Å². The Balaban J connectivity index is 1.50. The highest BCUT2D eigenvalue weighted by Crippen LogP contribution is 2.33. The molecule has 1 aromatic carbocycles. The smallest absolute Gasteiger partial charge is 0.250 e. The highest BCUT2D eigenvalue weighted by molar-refractivity contribution is 5.92. The molecule has 0 spiro atoms. The molecule has 0 atom stereocenters. The molecule has 0 bridgehead atoms. The van der Waals surface area contributed by atoms with Crippen LogP contribution in [-0.4, -0.2) is 29.1 Å². The Bertz CT molecular complexity index is 1030. The van der Waals surface area contributed by atoms with Gasteiger partial charge in [0.15, 0.2) is 11.5 Å². The van der Waals surface area contributed by atoms with E-state index in [1.165, 1.54) is 6.20 Å². The zero-order valence-electron chi connectivity index (χ0n) is 16.6. The minimum absolute atomic E-state index is 0.0888. The summed E-state index contributed by atoms with van der Waals surface area (Å²) in [7, 11) is 0. The lowest BCUT2D eigenvalue weighted by Gasteiger charge is -2.33. The van der Waals surface area contributed by atoms with Gasteiger partial charge in [-0.15, -0.1) is 0 Å². The van der Waals surface area contributed by atoms with Gasteiger partial charge >= 0.3 is 0 Å². The summed E-state index contributed by atoms with van der Waals surface area (Å²) in [6.07, 6.45) is 7.93. The Labute approximate surface area is 175 Å². The van der Waals surface area contributed by atoms with Crippen molar-refractivity contribution < 1.29 is 19.1 Å². The third-order valence-corrected chi connectivity index (χ3v) is 5.36. The average Bonchev–Trinajstić information content (AvgIpc) is 3.21. The summed E-state index contributed by atoms with van der Waals surface area (Å²) < 4.78 is 10.7. The number of pyridine rings is 1. The lowest BCUT2D eigenvalue weighted by atomic mass is 9.81. The number of nitrogens with zero attached hydrogens (tertiary/aromatic N) is 1. The summed E-state index contributed by atoms with van der Waals surface area (Å²) in [5, 5.41) is 3.16. The van der Waals surface area contributed by atoms with E-state index in [9.17, 15) is 9.59 Å². The Morgan fingerprint density at radius 2 is 1.90 bits per heavy atom. The minimum atomic E-state index is -0.589. The van der Waals surface area contributed by atoms with Crippen LogP contribution in [0.1, 0.15) is 53.6 Å². The number of amides is 2. The Morgan fingerprint density at radius 1 is 1.10 bits per heavy atom. The van der Waals surface area contributed by atoms with E-state index in [-0.39, 0.29) is 19.1 Å². The fourth-order valence-electron chi connectivity index (χ4n) is 3.82. The van der Waals surface area contributed by atoms with E-state index in [2.05, 4.69) is 22.1 Å². The first kappa shape index (κ1) is 19.8. The fourth-order valence-corrected chi connectivity index (χ4v) is 3.82. The first-order chi connectivity index (χ1) is 14.5. The molecule has 0 radical (unpaired) electrons. The normalized spacial score (nSPS) is 16.3. The van der Waals surface area contributed by atoms with Crippen LogP contribution in [-0.2, 0) is 11.2 Å². The molecule has 0 saturated heterocycles. The van der Waals surface area contributed by atoms with Gasteiger partial charge in [-0.1, -0.05) is 37.2 Å². The quantitative estimate of drug-likeness (QED) is 0.760. The van der Waals surface area contributed by atoms with Crippen molar-refractivity contribution in [2.75, 3.05) is 6.79 Å². The monoisotopic (exact) mass is 405 g/mol. The summed E-state index contributed by atoms with van der Waals surface area (Å²) in [4.78, 5) is 28.2. The van der Waals surface area contributed by atoms with Crippen LogP contribution in [0, 0.1) is 11.8 Å². The van der Waals surface area contributed by atoms with Crippen molar-refractivity contribution >= 4 is 11.8 Å². The van der Waals surface area contributed by atoms with Gasteiger partial charge in [-0.2, -0.15) is 0 Å². The molecule has 154 valence electrons. The number of nitrogens with two attached hydrogens (primary N) is 1. The van der Waals surface area contributed by atoms with Gasteiger partial charge < -0.3 is 20.5 Å². The minimum Gasteiger partial charge on any atom is -0.454 e. The van der Waals surface area contributed by atoms with E-state index in [4.69, 9.17) is 15.2 Å². The number of carbonyl (C=O) groups excluding carboxylic acids is 2. The number of fused-ring (bicyclic) bond motifs is 1. The van der Waals surface area contributed by atoms with Crippen LogP contribution in [0.25, 0.3) is 0 Å². The summed E-state index contributed by atoms with van der Waals surface area (Å²) in [5.41, 5.74) is 6.50. The van der Waals surface area contributed by atoms with Gasteiger partial charge in [0, 0.05) is 18.0 Å². The molecule has 30 heavy (non-hydrogen) atoms. The summed E-state index contributed by atoms with van der Waals surface area (Å²) in [6.45, 7) is 0.204. The number of rotatable bonds is 4. The van der Waals surface area contributed by atoms with Crippen LogP contribution in [0.4, 0.5) is 0 Å². The van der Waals surface area contributed by atoms with E-state index in [0.717, 1.165) is 37.7 Å². The molecular formula is C23H23N3O4. The second-order valence-corrected chi connectivity index (χ2v) is 7.63. The number of ether oxygens (including phenoxy) is 2. The molecular weight excluding hydrogens is 382 g/mol. The fraction of sp³-hybridized carbons (Fsp3) is 0.348. The molecule has 1 aromatic heterocycles. The third-order valence-electron chi connectivity index (χ3n) is 5.36. The zero-order valence-corrected chi connectivity index (χ0v) is 16.6. The van der Waals surface area contributed by atoms with Crippen LogP contribution in [0.2, 0.25) is 0 Å². The standard InChI is InChI=1S/C23H23N3O4/c24-22(28)18-10-17(13-25-14-18)6-9-23(7-2-1-3-8-23)26-21(27)12-16-4-5-19-20(11-16)30-15-29-19/h4-5,10-11,13-14H,1-3,7-8,12,15H2,(H2,24,28)(H,26,27). The Kier molecular flexibility index (Phi) is 5.57. The van der Waals surface area contributed by atoms with E-state index in [1.54, 1.807) is 12.3 Å². The van der Waals surface area contributed by atoms with Crippen molar-refractivity contribution in [1.82, 2.24) is 10.3 Å². The summed E-state index contributed by atoms with van der Waals surface area (Å²) >= 11 is 0. The summed E-state index contributed by atoms with van der Waals surface area (Å²) in [5.74, 6) is 7.06. The van der Waals surface area contributed by atoms with Crippen LogP contribution < -0.4 is 20.5 Å². The van der Waals surface area contributed by atoms with Crippen molar-refractivity contribution in [3.05, 3.63) is 53.3 Å². The van der Waals surface area contributed by atoms with Gasteiger partial charge in [-0.25, -0.2) is 0 Å². The third kappa shape index (κ3) is 4.54. The maximum atomic E-state index is 12.8. The zero-order chi connectivity index (χ0) is 21.0. The first-order valence-corrected chi connectivity index (χ1v) is 10.0. The van der Waals surface area contributed by atoms with Crippen molar-refractivity contribution in [3.63, 3.8) is 0 Å². The van der Waals surface area contributed by atoms with Crippen LogP contribution in [0.5, 0.6) is 11.5 Å². The molecule has 1 fully saturated rings. The average molecular weight is 405 g/mol. The number of aromatic nitrogens is 1. The highest BCUT2D eigenvalue weighted by atomic mass is 16.7. The van der Waals surface area contributed by atoms with E-state index in [0.29, 0.717) is 22.6 Å². The SMILES string of the molecule is NC(=O)c1cncc(C#CC2(NC(=O)Cc3ccc4c(c3)OCO4)CCCCC2)c1. The number of benzene rings is 1. The molecule has 0 unspecified atom stereocenters. The van der Waals surface area contributed by atoms with Gasteiger partial charge in [-0.05, 0) is 36.6 Å². The topological polar surface area (TPSA) is 104 Å². The van der Waals surface area contributed by atoms with Crippen molar-refractivity contribution in [2.45, 2.75) is 44.1 Å². The van der Waals surface area contributed by atoms with Crippen molar-refractivity contribution in [1.29, 1.82) is 0 Å². The second kappa shape index (κ2) is 8.46. The predicted molar refractivity (Wildman–Crippen MR) is 110 cm³/mol. The molecule has 7 nitrogen and oxygen atoms in total. The number of primary amides is 1. The number of carbonyl (C=O) groups is 2. The number of hydrogen-bond donors (Lipinski definition) is 2. The molecule has 1 saturated carbocycles. The molecule has 2 amide bonds. The van der Waals surface area contributed by atoms with Crippen LogP contribution in [0.3, 0.4) is 0 Å². The molecule has 1 aliphatic carbocycles. The van der Waals surface area contributed by atoms with E-state index >= 15 is 0 Å². The maximum absolute atomic E-state index is 12.8. The van der Waals surface area contributed by atoms with Gasteiger partial charge in [0.1, 0.15) is 5.54 Å². The molecule has 7 heteroatoms. The predicted octanol–water partition coefficient (Wildman–Crippen LogP) is 2.32. The first-order valence-electron chi connectivity index (χ1n) is 10.0. The van der Waals surface area contributed by atoms with Gasteiger partial charge in [0.25, 0.3) is 0 Å². The van der Waals surface area contributed by atoms with Gasteiger partial charge in [-0.3, -0.25) is 14.6 Å².